The molecule has 2 heterocycles. The maximum Gasteiger partial charge on any atom is 0.164 e. The van der Waals surface area contributed by atoms with Crippen LogP contribution in [0.1, 0.15) is 65.5 Å². The number of benzene rings is 8. The second-order valence-corrected chi connectivity index (χ2v) is 19.5. The van der Waals surface area contributed by atoms with Crippen LogP contribution in [-0.4, -0.2) is 15.0 Å². The van der Waals surface area contributed by atoms with Gasteiger partial charge in [-0.1, -0.05) is 188 Å². The molecular formula is C62H47N3O. The van der Waals surface area contributed by atoms with Gasteiger partial charge in [0.05, 0.1) is 5.41 Å². The van der Waals surface area contributed by atoms with Crippen molar-refractivity contribution in [1.29, 1.82) is 0 Å². The van der Waals surface area contributed by atoms with E-state index in [0.29, 0.717) is 29.3 Å². The van der Waals surface area contributed by atoms with Crippen molar-refractivity contribution in [1.82, 2.24) is 15.0 Å². The van der Waals surface area contributed by atoms with E-state index in [1.54, 1.807) is 5.56 Å². The topological polar surface area (TPSA) is 51.8 Å². The largest absolute Gasteiger partial charge is 0.455 e. The maximum atomic E-state index is 6.44. The van der Waals surface area contributed by atoms with E-state index in [-0.39, 0.29) is 5.41 Å². The molecule has 0 aliphatic heterocycles. The van der Waals surface area contributed by atoms with Gasteiger partial charge in [0.1, 0.15) is 11.2 Å². The highest BCUT2D eigenvalue weighted by Gasteiger charge is 2.63. The molecule has 0 N–H and O–H groups in total. The molecule has 0 atom stereocenters. The Morgan fingerprint density at radius 2 is 0.879 bits per heavy atom. The number of furan rings is 1. The van der Waals surface area contributed by atoms with Crippen LogP contribution >= 0.6 is 0 Å². The molecule has 0 unspecified atom stereocenters. The number of hydrogen-bond acceptors (Lipinski definition) is 4. The van der Waals surface area contributed by atoms with Gasteiger partial charge in [-0.3, -0.25) is 0 Å². The Bertz CT molecular complexity index is 3420. The lowest BCUT2D eigenvalue weighted by Crippen LogP contribution is -2.59. The van der Waals surface area contributed by atoms with Crippen LogP contribution < -0.4 is 0 Å². The smallest absolute Gasteiger partial charge is 0.164 e. The quantitative estimate of drug-likeness (QED) is 0.167. The van der Waals surface area contributed by atoms with Crippen molar-refractivity contribution in [2.75, 3.05) is 0 Å². The van der Waals surface area contributed by atoms with Gasteiger partial charge in [-0.05, 0) is 107 Å². The highest BCUT2D eigenvalue weighted by molar-refractivity contribution is 6.09. The molecule has 1 spiro atoms. The fourth-order valence-corrected chi connectivity index (χ4v) is 13.9. The average molecular weight is 850 g/mol. The Labute approximate surface area is 385 Å². The van der Waals surface area contributed by atoms with Gasteiger partial charge in [-0.2, -0.15) is 0 Å². The van der Waals surface area contributed by atoms with E-state index in [4.69, 9.17) is 19.4 Å². The maximum absolute atomic E-state index is 6.44. The zero-order valence-electron chi connectivity index (χ0n) is 36.6. The van der Waals surface area contributed by atoms with Gasteiger partial charge in [-0.15, -0.1) is 0 Å². The highest BCUT2D eigenvalue weighted by Crippen LogP contribution is 2.70. The molecule has 15 rings (SSSR count). The van der Waals surface area contributed by atoms with Gasteiger partial charge in [0.25, 0.3) is 0 Å². The predicted molar refractivity (Wildman–Crippen MR) is 265 cm³/mol. The zero-order valence-corrected chi connectivity index (χ0v) is 36.6. The molecule has 4 heteroatoms. The van der Waals surface area contributed by atoms with Gasteiger partial charge in [0, 0.05) is 38.4 Å². The van der Waals surface area contributed by atoms with Crippen LogP contribution in [0.4, 0.5) is 0 Å². The lowest BCUT2D eigenvalue weighted by atomic mass is 9.38. The second kappa shape index (κ2) is 14.5. The van der Waals surface area contributed by atoms with Gasteiger partial charge >= 0.3 is 0 Å². The Hall–Kier alpha value is -7.43. The molecule has 8 aromatic carbocycles. The predicted octanol–water partition coefficient (Wildman–Crippen LogP) is 14.9. The molecule has 2 aromatic heterocycles. The first kappa shape index (κ1) is 37.9. The van der Waals surface area contributed by atoms with Crippen molar-refractivity contribution in [3.8, 4) is 45.3 Å². The molecule has 10 aromatic rings. The Morgan fingerprint density at radius 1 is 0.379 bits per heavy atom. The fourth-order valence-electron chi connectivity index (χ4n) is 13.9. The molecule has 4 saturated carbocycles. The minimum atomic E-state index is -0.568. The Kier molecular flexibility index (Phi) is 8.35. The summed E-state index contributed by atoms with van der Waals surface area (Å²) in [5, 5.41) is 2.25. The van der Waals surface area contributed by atoms with Crippen molar-refractivity contribution < 1.29 is 4.42 Å². The Balaban J connectivity index is 0.984. The van der Waals surface area contributed by atoms with E-state index < -0.39 is 5.41 Å². The number of para-hydroxylation sites is 2. The SMILES string of the molecule is c1ccc(-c2nc(-c3ccc(-c4cccc5c4oc4ccccc45)cc3)nc(-c3ccc4c(c3)C(c3ccccc3)(c3ccccc3)c3ccccc3C43C4CC5CC(C4)CC3C5)n2)cc1. The molecule has 5 aliphatic rings. The summed E-state index contributed by atoms with van der Waals surface area (Å²) in [4.78, 5) is 16.0. The van der Waals surface area contributed by atoms with Crippen LogP contribution in [0.5, 0.6) is 0 Å². The van der Waals surface area contributed by atoms with Gasteiger partial charge < -0.3 is 4.42 Å². The van der Waals surface area contributed by atoms with E-state index >= 15 is 0 Å². The van der Waals surface area contributed by atoms with Crippen molar-refractivity contribution in [2.45, 2.75) is 42.9 Å². The lowest BCUT2D eigenvalue weighted by molar-refractivity contribution is -0.0440. The van der Waals surface area contributed by atoms with Crippen LogP contribution in [0.2, 0.25) is 0 Å². The monoisotopic (exact) mass is 849 g/mol. The first-order valence-electron chi connectivity index (χ1n) is 23.8. The molecule has 0 radical (unpaired) electrons. The van der Waals surface area contributed by atoms with Crippen molar-refractivity contribution in [3.63, 3.8) is 0 Å². The fraction of sp³-hybridized carbons (Fsp3) is 0.177. The molecule has 4 bridgehead atoms. The molecule has 4 nitrogen and oxygen atoms in total. The summed E-state index contributed by atoms with van der Waals surface area (Å²) in [6.45, 7) is 0. The van der Waals surface area contributed by atoms with Gasteiger partial charge in [-0.25, -0.2) is 15.0 Å². The third-order valence-corrected chi connectivity index (χ3v) is 16.3. The van der Waals surface area contributed by atoms with E-state index in [1.807, 2.05) is 18.2 Å². The third-order valence-electron chi connectivity index (χ3n) is 16.3. The number of rotatable bonds is 6. The summed E-state index contributed by atoms with van der Waals surface area (Å²) in [6.07, 6.45) is 6.68. The standard InChI is InChI=1S/C62H47N3O/c1-4-15-42(16-5-1)58-63-59(43-29-27-41(28-30-43)49-22-14-23-51-50-21-10-13-26-56(50)66-57(49)51)65-60(64-58)44-31-32-54-55(38-44)61(45-17-6-2-7-18-45,46-19-8-3-9-20-46)52-24-11-12-25-53(52)62(54)47-34-39-33-40(36-47)37-48(62)35-39/h1-32,38-40,47-48H,33-37H2. The lowest BCUT2D eigenvalue weighted by Gasteiger charge is -2.65. The summed E-state index contributed by atoms with van der Waals surface area (Å²) in [5.74, 6) is 4.88. The minimum Gasteiger partial charge on any atom is -0.455 e. The number of aromatic nitrogens is 3. The highest BCUT2D eigenvalue weighted by atomic mass is 16.3. The van der Waals surface area contributed by atoms with Crippen molar-refractivity contribution in [2.24, 2.45) is 23.7 Å². The van der Waals surface area contributed by atoms with Gasteiger partial charge in [0.2, 0.25) is 0 Å². The molecule has 316 valence electrons. The molecule has 66 heavy (non-hydrogen) atoms. The van der Waals surface area contributed by atoms with Crippen LogP contribution in [0, 0.1) is 23.7 Å². The molecule has 0 saturated heterocycles. The summed E-state index contributed by atoms with van der Waals surface area (Å²) in [5.41, 5.74) is 14.6. The van der Waals surface area contributed by atoms with Crippen molar-refractivity contribution in [3.05, 3.63) is 234 Å². The molecular weight excluding hydrogens is 803 g/mol. The van der Waals surface area contributed by atoms with Crippen LogP contribution in [0.15, 0.2) is 205 Å². The van der Waals surface area contributed by atoms with Crippen LogP contribution in [0.3, 0.4) is 0 Å². The summed E-state index contributed by atoms with van der Waals surface area (Å²) < 4.78 is 6.44. The van der Waals surface area contributed by atoms with Gasteiger partial charge in [0.15, 0.2) is 17.5 Å². The summed E-state index contributed by atoms with van der Waals surface area (Å²) in [6, 6.07) is 73.1. The summed E-state index contributed by atoms with van der Waals surface area (Å²) in [7, 11) is 0. The first-order chi connectivity index (χ1) is 32.7. The van der Waals surface area contributed by atoms with E-state index in [0.717, 1.165) is 61.6 Å². The molecule has 4 fully saturated rings. The number of fused-ring (bicyclic) bond motifs is 5. The van der Waals surface area contributed by atoms with E-state index in [9.17, 15) is 0 Å². The summed E-state index contributed by atoms with van der Waals surface area (Å²) >= 11 is 0. The molecule has 0 amide bonds. The molecule has 5 aliphatic carbocycles. The normalized spacial score (nSPS) is 22.1. The first-order valence-corrected chi connectivity index (χ1v) is 23.8. The zero-order chi connectivity index (χ0) is 43.4. The number of hydrogen-bond donors (Lipinski definition) is 0. The van der Waals surface area contributed by atoms with Crippen LogP contribution in [0.25, 0.3) is 67.2 Å². The van der Waals surface area contributed by atoms with Crippen molar-refractivity contribution >= 4 is 21.9 Å². The van der Waals surface area contributed by atoms with E-state index in [1.165, 1.54) is 59.9 Å². The second-order valence-electron chi connectivity index (χ2n) is 19.5. The third kappa shape index (κ3) is 5.42. The average Bonchev–Trinajstić information content (AvgIpc) is 3.77. The minimum absolute atomic E-state index is 0.0567. The van der Waals surface area contributed by atoms with E-state index in [2.05, 4.69) is 182 Å². The van der Waals surface area contributed by atoms with Crippen LogP contribution in [-0.2, 0) is 10.8 Å². The number of nitrogens with zero attached hydrogens (tertiary/aromatic N) is 3. The Morgan fingerprint density at radius 3 is 1.55 bits per heavy atom.